The van der Waals surface area contributed by atoms with E-state index in [1.165, 1.54) is 6.92 Å². The molecule has 0 atom stereocenters. The van der Waals surface area contributed by atoms with Gasteiger partial charge < -0.3 is 9.32 Å². The van der Waals surface area contributed by atoms with Crippen LogP contribution in [0.25, 0.3) is 0 Å². The Morgan fingerprint density at radius 3 is 2.56 bits per heavy atom. The molecule has 3 nitrogen and oxygen atoms in total. The molecule has 0 N–H and O–H groups in total. The Balaban J connectivity index is 2.34. The van der Waals surface area contributed by atoms with E-state index in [1.807, 2.05) is 6.07 Å². The molecule has 0 aromatic carbocycles. The standard InChI is InChI=1S/C12H19NO2S/c1-4-13(5-2)8-9-16-12-7-6-11(15-12)10(3)14/h6-7H,4-5,8-9H2,1-3H3. The Kier molecular flexibility index (Phi) is 5.63. The molecule has 0 bridgehead atoms. The lowest BCUT2D eigenvalue weighted by Gasteiger charge is -2.16. The number of thioether (sulfide) groups is 1. The number of nitrogens with zero attached hydrogens (tertiary/aromatic N) is 1. The van der Waals surface area contributed by atoms with E-state index in [-0.39, 0.29) is 5.78 Å². The first-order valence-corrected chi connectivity index (χ1v) is 6.61. The van der Waals surface area contributed by atoms with E-state index >= 15 is 0 Å². The van der Waals surface area contributed by atoms with Crippen molar-refractivity contribution in [3.05, 3.63) is 17.9 Å². The normalized spacial score (nSPS) is 11.0. The third kappa shape index (κ3) is 4.02. The van der Waals surface area contributed by atoms with Crippen molar-refractivity contribution in [1.29, 1.82) is 0 Å². The second-order valence-corrected chi connectivity index (χ2v) is 4.65. The largest absolute Gasteiger partial charge is 0.447 e. The van der Waals surface area contributed by atoms with Gasteiger partial charge in [0.25, 0.3) is 0 Å². The van der Waals surface area contributed by atoms with E-state index in [9.17, 15) is 4.79 Å². The van der Waals surface area contributed by atoms with Gasteiger partial charge in [0.05, 0.1) is 0 Å². The van der Waals surface area contributed by atoms with E-state index in [1.54, 1.807) is 17.8 Å². The van der Waals surface area contributed by atoms with Gasteiger partial charge in [0.15, 0.2) is 16.6 Å². The molecule has 1 aromatic rings. The molecule has 0 aliphatic carbocycles. The summed E-state index contributed by atoms with van der Waals surface area (Å²) in [6.07, 6.45) is 0. The van der Waals surface area contributed by atoms with Crippen molar-refractivity contribution in [3.63, 3.8) is 0 Å². The molecule has 1 rings (SSSR count). The van der Waals surface area contributed by atoms with Gasteiger partial charge in [-0.05, 0) is 25.2 Å². The molecule has 0 aliphatic rings. The third-order valence-corrected chi connectivity index (χ3v) is 3.37. The maximum atomic E-state index is 11.0. The SMILES string of the molecule is CCN(CC)CCSc1ccc(C(C)=O)o1. The molecule has 0 aliphatic heterocycles. The topological polar surface area (TPSA) is 33.5 Å². The lowest BCUT2D eigenvalue weighted by Crippen LogP contribution is -2.25. The Labute approximate surface area is 101 Å². The van der Waals surface area contributed by atoms with Crippen LogP contribution in [0.5, 0.6) is 0 Å². The van der Waals surface area contributed by atoms with Gasteiger partial charge in [-0.1, -0.05) is 25.6 Å². The molecule has 16 heavy (non-hydrogen) atoms. The number of hydrogen-bond acceptors (Lipinski definition) is 4. The molecular formula is C12H19NO2S. The van der Waals surface area contributed by atoms with Crippen LogP contribution in [0.15, 0.2) is 21.6 Å². The van der Waals surface area contributed by atoms with E-state index in [0.29, 0.717) is 5.76 Å². The molecule has 0 unspecified atom stereocenters. The van der Waals surface area contributed by atoms with Crippen molar-refractivity contribution in [2.75, 3.05) is 25.4 Å². The van der Waals surface area contributed by atoms with Gasteiger partial charge in [-0.2, -0.15) is 0 Å². The highest BCUT2D eigenvalue weighted by atomic mass is 32.2. The number of furan rings is 1. The van der Waals surface area contributed by atoms with Crippen molar-refractivity contribution in [2.24, 2.45) is 0 Å². The fourth-order valence-electron chi connectivity index (χ4n) is 1.40. The molecule has 0 amide bonds. The molecule has 4 heteroatoms. The zero-order valence-corrected chi connectivity index (χ0v) is 11.0. The lowest BCUT2D eigenvalue weighted by atomic mass is 10.3. The molecule has 1 aromatic heterocycles. The van der Waals surface area contributed by atoms with Gasteiger partial charge in [-0.25, -0.2) is 0 Å². The predicted octanol–water partition coefficient (Wildman–Crippen LogP) is 2.92. The van der Waals surface area contributed by atoms with Crippen LogP contribution in [0.4, 0.5) is 0 Å². The van der Waals surface area contributed by atoms with Crippen molar-refractivity contribution >= 4 is 17.5 Å². The van der Waals surface area contributed by atoms with Crippen LogP contribution in [-0.2, 0) is 0 Å². The van der Waals surface area contributed by atoms with Crippen LogP contribution in [0, 0.1) is 0 Å². The molecule has 0 spiro atoms. The van der Waals surface area contributed by atoms with Crippen molar-refractivity contribution in [2.45, 2.75) is 25.9 Å². The van der Waals surface area contributed by atoms with E-state index in [4.69, 9.17) is 4.42 Å². The van der Waals surface area contributed by atoms with Gasteiger partial charge in [0, 0.05) is 19.2 Å². The molecule has 1 heterocycles. The van der Waals surface area contributed by atoms with Crippen molar-refractivity contribution in [1.82, 2.24) is 4.90 Å². The van der Waals surface area contributed by atoms with Crippen LogP contribution < -0.4 is 0 Å². The third-order valence-electron chi connectivity index (χ3n) is 2.47. The molecular weight excluding hydrogens is 222 g/mol. The summed E-state index contributed by atoms with van der Waals surface area (Å²) in [6, 6.07) is 3.60. The summed E-state index contributed by atoms with van der Waals surface area (Å²) in [5.41, 5.74) is 0. The summed E-state index contributed by atoms with van der Waals surface area (Å²) in [5.74, 6) is 1.42. The number of hydrogen-bond donors (Lipinski definition) is 0. The summed E-state index contributed by atoms with van der Waals surface area (Å²) in [5, 5.41) is 0.831. The summed E-state index contributed by atoms with van der Waals surface area (Å²) >= 11 is 1.66. The zero-order valence-electron chi connectivity index (χ0n) is 10.2. The number of carbonyl (C=O) groups excluding carboxylic acids is 1. The number of rotatable bonds is 7. The quantitative estimate of drug-likeness (QED) is 0.543. The monoisotopic (exact) mass is 241 g/mol. The molecule has 0 saturated heterocycles. The Bertz CT molecular complexity index is 332. The van der Waals surface area contributed by atoms with Crippen molar-refractivity contribution in [3.8, 4) is 0 Å². The number of ketones is 1. The van der Waals surface area contributed by atoms with Crippen LogP contribution in [0.3, 0.4) is 0 Å². The highest BCUT2D eigenvalue weighted by molar-refractivity contribution is 7.99. The minimum absolute atomic E-state index is 0.0180. The predicted molar refractivity (Wildman–Crippen MR) is 67.2 cm³/mol. The van der Waals surface area contributed by atoms with Crippen LogP contribution in [-0.4, -0.2) is 36.1 Å². The van der Waals surface area contributed by atoms with Crippen LogP contribution in [0.2, 0.25) is 0 Å². The minimum Gasteiger partial charge on any atom is -0.447 e. The number of Topliss-reactive ketones (excluding diaryl/α,β-unsaturated/α-hetero) is 1. The fourth-order valence-corrected chi connectivity index (χ4v) is 2.27. The highest BCUT2D eigenvalue weighted by Gasteiger charge is 2.07. The smallest absolute Gasteiger partial charge is 0.194 e. The summed E-state index contributed by atoms with van der Waals surface area (Å²) in [6.45, 7) is 9.04. The molecule has 0 saturated carbocycles. The second-order valence-electron chi connectivity index (χ2n) is 3.55. The van der Waals surface area contributed by atoms with Crippen LogP contribution >= 0.6 is 11.8 Å². The second kappa shape index (κ2) is 6.76. The maximum Gasteiger partial charge on any atom is 0.194 e. The Morgan fingerprint density at radius 1 is 1.38 bits per heavy atom. The van der Waals surface area contributed by atoms with Gasteiger partial charge in [-0.3, -0.25) is 4.79 Å². The van der Waals surface area contributed by atoms with Gasteiger partial charge in [0.2, 0.25) is 0 Å². The first kappa shape index (κ1) is 13.3. The first-order chi connectivity index (χ1) is 7.67. The summed E-state index contributed by atoms with van der Waals surface area (Å²) < 4.78 is 5.39. The molecule has 90 valence electrons. The molecule has 0 fully saturated rings. The van der Waals surface area contributed by atoms with Gasteiger partial charge >= 0.3 is 0 Å². The summed E-state index contributed by atoms with van der Waals surface area (Å²) in [4.78, 5) is 13.4. The van der Waals surface area contributed by atoms with E-state index < -0.39 is 0 Å². The van der Waals surface area contributed by atoms with Crippen LogP contribution in [0.1, 0.15) is 31.3 Å². The van der Waals surface area contributed by atoms with Gasteiger partial charge in [-0.15, -0.1) is 0 Å². The van der Waals surface area contributed by atoms with Crippen molar-refractivity contribution < 1.29 is 9.21 Å². The first-order valence-electron chi connectivity index (χ1n) is 5.63. The average Bonchev–Trinajstić information content (AvgIpc) is 2.73. The molecule has 0 radical (unpaired) electrons. The minimum atomic E-state index is -0.0180. The van der Waals surface area contributed by atoms with E-state index in [2.05, 4.69) is 18.7 Å². The lowest BCUT2D eigenvalue weighted by molar-refractivity contribution is 0.0982. The van der Waals surface area contributed by atoms with E-state index in [0.717, 1.165) is 30.5 Å². The maximum absolute atomic E-state index is 11.0. The van der Waals surface area contributed by atoms with Gasteiger partial charge in [0.1, 0.15) is 0 Å². The average molecular weight is 241 g/mol. The Morgan fingerprint density at radius 2 is 2.06 bits per heavy atom. The number of carbonyl (C=O) groups is 1. The Hall–Kier alpha value is -0.740. The highest BCUT2D eigenvalue weighted by Crippen LogP contribution is 2.21. The fraction of sp³-hybridized carbons (Fsp3) is 0.583. The summed E-state index contributed by atoms with van der Waals surface area (Å²) in [7, 11) is 0. The zero-order chi connectivity index (χ0) is 12.0.